The molecule has 0 saturated carbocycles. The average Bonchev–Trinajstić information content (AvgIpc) is 2.17. The Morgan fingerprint density at radius 2 is 2.06 bits per heavy atom. The highest BCUT2D eigenvalue weighted by molar-refractivity contribution is 8.09. The molecule has 16 heavy (non-hydrogen) atoms. The van der Waals surface area contributed by atoms with Gasteiger partial charge in [-0.25, -0.2) is 5.50 Å². The second kappa shape index (κ2) is 5.36. The maximum atomic E-state index is 10.4. The Labute approximate surface area is 97.7 Å². The highest BCUT2D eigenvalue weighted by Crippen LogP contribution is 2.40. The second-order valence-electron chi connectivity index (χ2n) is 2.80. The van der Waals surface area contributed by atoms with Gasteiger partial charge in [-0.15, -0.1) is 0 Å². The van der Waals surface area contributed by atoms with Crippen molar-refractivity contribution in [3.05, 3.63) is 34.4 Å². The molecule has 2 N–H and O–H groups in total. The average molecular weight is 262 g/mol. The van der Waals surface area contributed by atoms with Crippen LogP contribution in [0, 0.1) is 10.1 Å². The number of rotatable bonds is 5. The van der Waals surface area contributed by atoms with Gasteiger partial charge in [0.05, 0.1) is 11.5 Å². The molecule has 0 heterocycles. The summed E-state index contributed by atoms with van der Waals surface area (Å²) in [7, 11) is 0. The third-order valence-electron chi connectivity index (χ3n) is 1.59. The molecule has 0 radical (unpaired) electrons. The summed E-state index contributed by atoms with van der Waals surface area (Å²) in [5.41, 5.74) is 5.59. The number of nitrogens with zero attached hydrogens (tertiary/aromatic N) is 1. The van der Waals surface area contributed by atoms with Gasteiger partial charge in [0.1, 0.15) is 5.75 Å². The lowest BCUT2D eigenvalue weighted by atomic mass is 10.3. The maximum Gasteiger partial charge on any atom is 0.310 e. The summed E-state index contributed by atoms with van der Waals surface area (Å²) in [4.78, 5) is 9.91. The Balaban J connectivity index is 2.76. The lowest BCUT2D eigenvalue weighted by molar-refractivity contribution is -0.384. The lowest BCUT2D eigenvalue weighted by Gasteiger charge is -2.16. The van der Waals surface area contributed by atoms with Crippen molar-refractivity contribution >= 4 is 24.1 Å². The molecule has 0 aliphatic carbocycles. The number of nitro groups is 1. The van der Waals surface area contributed by atoms with Gasteiger partial charge < -0.3 is 9.05 Å². The standard InChI is InChI=1S/C8H11N2O4PS/c1-2-13-15(9,16)14-8-5-3-7(4-6-8)10(11)12/h3-6H,2H2,1H3,(H2,9,16). The van der Waals surface area contributed by atoms with E-state index in [1.165, 1.54) is 24.3 Å². The molecule has 1 rings (SSSR count). The fourth-order valence-electron chi connectivity index (χ4n) is 0.982. The van der Waals surface area contributed by atoms with Gasteiger partial charge in [0, 0.05) is 12.1 Å². The van der Waals surface area contributed by atoms with Crippen LogP contribution in [0.1, 0.15) is 6.92 Å². The van der Waals surface area contributed by atoms with E-state index >= 15 is 0 Å². The summed E-state index contributed by atoms with van der Waals surface area (Å²) < 4.78 is 10.3. The van der Waals surface area contributed by atoms with Crippen LogP contribution in [0.15, 0.2) is 24.3 Å². The number of nitrogens with two attached hydrogens (primary N) is 1. The molecule has 1 unspecified atom stereocenters. The zero-order chi connectivity index (χ0) is 12.2. The van der Waals surface area contributed by atoms with E-state index < -0.39 is 11.6 Å². The summed E-state index contributed by atoms with van der Waals surface area (Å²) in [6.07, 6.45) is 0. The summed E-state index contributed by atoms with van der Waals surface area (Å²) in [5, 5.41) is 10.4. The zero-order valence-electron chi connectivity index (χ0n) is 8.53. The Hall–Kier alpha value is -1.01. The largest absolute Gasteiger partial charge is 0.433 e. The van der Waals surface area contributed by atoms with E-state index in [0.29, 0.717) is 12.4 Å². The van der Waals surface area contributed by atoms with E-state index in [1.807, 2.05) is 0 Å². The van der Waals surface area contributed by atoms with Crippen LogP contribution >= 0.6 is 6.64 Å². The molecule has 8 heteroatoms. The Kier molecular flexibility index (Phi) is 4.37. The molecule has 88 valence electrons. The first kappa shape index (κ1) is 13.1. The van der Waals surface area contributed by atoms with Crippen molar-refractivity contribution in [2.75, 3.05) is 6.61 Å². The first-order chi connectivity index (χ1) is 7.44. The fourth-order valence-corrected chi connectivity index (χ4v) is 2.38. The van der Waals surface area contributed by atoms with Gasteiger partial charge in [-0.3, -0.25) is 10.1 Å². The van der Waals surface area contributed by atoms with Crippen LogP contribution in [-0.4, -0.2) is 11.5 Å². The lowest BCUT2D eigenvalue weighted by Crippen LogP contribution is -2.05. The van der Waals surface area contributed by atoms with Gasteiger partial charge in [0.2, 0.25) is 0 Å². The molecule has 0 fully saturated rings. The van der Waals surface area contributed by atoms with E-state index in [9.17, 15) is 10.1 Å². The van der Waals surface area contributed by atoms with Crippen molar-refractivity contribution in [2.45, 2.75) is 6.92 Å². The van der Waals surface area contributed by atoms with E-state index in [-0.39, 0.29) is 5.69 Å². The van der Waals surface area contributed by atoms with Crippen LogP contribution in [-0.2, 0) is 16.3 Å². The van der Waals surface area contributed by atoms with Gasteiger partial charge in [0.15, 0.2) is 0 Å². The molecule has 0 aliphatic rings. The predicted octanol–water partition coefficient (Wildman–Crippen LogP) is 2.19. The van der Waals surface area contributed by atoms with Gasteiger partial charge in [0.25, 0.3) is 5.69 Å². The minimum absolute atomic E-state index is 0.0194. The van der Waals surface area contributed by atoms with Gasteiger partial charge >= 0.3 is 6.64 Å². The summed E-state index contributed by atoms with van der Waals surface area (Å²) >= 11 is 4.92. The molecular formula is C8H11N2O4PS. The molecule has 0 saturated heterocycles. The Morgan fingerprint density at radius 1 is 1.50 bits per heavy atom. The highest BCUT2D eigenvalue weighted by atomic mass is 32.5. The molecule has 1 aromatic carbocycles. The summed E-state index contributed by atoms with van der Waals surface area (Å²) in [5.74, 6) is 0.366. The minimum atomic E-state index is -2.79. The topological polar surface area (TPSA) is 87.6 Å². The fraction of sp³-hybridized carbons (Fsp3) is 0.250. The smallest absolute Gasteiger partial charge is 0.310 e. The van der Waals surface area contributed by atoms with Crippen LogP contribution in [0.4, 0.5) is 5.69 Å². The van der Waals surface area contributed by atoms with E-state index in [4.69, 9.17) is 26.4 Å². The normalized spacial score (nSPS) is 14.1. The van der Waals surface area contributed by atoms with E-state index in [0.717, 1.165) is 0 Å². The third-order valence-corrected chi connectivity index (χ3v) is 3.21. The molecule has 0 aliphatic heterocycles. The monoisotopic (exact) mass is 262 g/mol. The van der Waals surface area contributed by atoms with Gasteiger partial charge in [-0.05, 0) is 30.9 Å². The Bertz CT molecular complexity index is 423. The van der Waals surface area contributed by atoms with Gasteiger partial charge in [-0.2, -0.15) is 0 Å². The second-order valence-corrected chi connectivity index (χ2v) is 5.85. The molecule has 0 bridgehead atoms. The van der Waals surface area contributed by atoms with Crippen molar-refractivity contribution in [1.82, 2.24) is 0 Å². The number of hydrogen-bond acceptors (Lipinski definition) is 5. The molecule has 0 aromatic heterocycles. The van der Waals surface area contributed by atoms with Crippen LogP contribution in [0.5, 0.6) is 5.75 Å². The predicted molar refractivity (Wildman–Crippen MR) is 63.8 cm³/mol. The third kappa shape index (κ3) is 3.86. The summed E-state index contributed by atoms with van der Waals surface area (Å²) in [6.45, 7) is -0.671. The van der Waals surface area contributed by atoms with Crippen LogP contribution in [0.2, 0.25) is 0 Å². The van der Waals surface area contributed by atoms with Crippen molar-refractivity contribution in [3.8, 4) is 5.75 Å². The molecule has 6 nitrogen and oxygen atoms in total. The van der Waals surface area contributed by atoms with Crippen LogP contribution in [0.25, 0.3) is 0 Å². The molecule has 0 spiro atoms. The molecular weight excluding hydrogens is 251 g/mol. The highest BCUT2D eigenvalue weighted by Gasteiger charge is 2.14. The van der Waals surface area contributed by atoms with E-state index in [1.54, 1.807) is 6.92 Å². The number of hydrogen-bond donors (Lipinski definition) is 1. The maximum absolute atomic E-state index is 10.4. The molecule has 1 atom stereocenters. The van der Waals surface area contributed by atoms with Crippen molar-refractivity contribution in [2.24, 2.45) is 5.50 Å². The number of non-ortho nitro benzene ring substituents is 1. The van der Waals surface area contributed by atoms with E-state index in [2.05, 4.69) is 0 Å². The number of nitro benzene ring substituents is 1. The first-order valence-electron chi connectivity index (χ1n) is 4.42. The van der Waals surface area contributed by atoms with Crippen molar-refractivity contribution < 1.29 is 14.0 Å². The SMILES string of the molecule is CCOP(N)(=S)Oc1ccc([N+](=O)[O-])cc1. The molecule has 0 amide bonds. The zero-order valence-corrected chi connectivity index (χ0v) is 10.2. The molecule has 1 aromatic rings. The summed E-state index contributed by atoms with van der Waals surface area (Å²) in [6, 6.07) is 5.50. The van der Waals surface area contributed by atoms with Gasteiger partial charge in [-0.1, -0.05) is 0 Å². The van der Waals surface area contributed by atoms with Crippen LogP contribution in [0.3, 0.4) is 0 Å². The first-order valence-corrected chi connectivity index (χ1v) is 7.12. The van der Waals surface area contributed by atoms with Crippen molar-refractivity contribution in [1.29, 1.82) is 0 Å². The van der Waals surface area contributed by atoms with Crippen LogP contribution < -0.4 is 10.0 Å². The Morgan fingerprint density at radius 3 is 2.50 bits per heavy atom. The minimum Gasteiger partial charge on any atom is -0.433 e. The quantitative estimate of drug-likeness (QED) is 0.497. The van der Waals surface area contributed by atoms with Crippen molar-refractivity contribution in [3.63, 3.8) is 0 Å². The number of benzene rings is 1.